The normalized spacial score (nSPS) is 16.8. The van der Waals surface area contributed by atoms with E-state index >= 15 is 0 Å². The molecule has 0 bridgehead atoms. The molecule has 0 unspecified atom stereocenters. The second-order valence-corrected chi connectivity index (χ2v) is 10.3. The van der Waals surface area contributed by atoms with Crippen LogP contribution in [0.4, 0.5) is 0 Å². The van der Waals surface area contributed by atoms with E-state index in [-0.39, 0.29) is 5.41 Å². The van der Waals surface area contributed by atoms with E-state index in [9.17, 15) is 0 Å². The zero-order chi connectivity index (χ0) is 22.9. The van der Waals surface area contributed by atoms with E-state index in [2.05, 4.69) is 91.6 Å². The Morgan fingerprint density at radius 3 is 2.38 bits per heavy atom. The lowest BCUT2D eigenvalue weighted by atomic mass is 9.67. The third-order valence-corrected chi connectivity index (χ3v) is 8.68. The van der Waals surface area contributed by atoms with Gasteiger partial charge in [-0.2, -0.15) is 0 Å². The van der Waals surface area contributed by atoms with Crippen LogP contribution in [0.3, 0.4) is 0 Å². The summed E-state index contributed by atoms with van der Waals surface area (Å²) in [7, 11) is 0. The fourth-order valence-electron chi connectivity index (χ4n) is 7.33. The number of hydrogen-bond donors (Lipinski definition) is 1. The van der Waals surface area contributed by atoms with Crippen molar-refractivity contribution in [3.8, 4) is 11.1 Å². The molecule has 2 aliphatic rings. The van der Waals surface area contributed by atoms with Crippen LogP contribution in [0.1, 0.15) is 68.2 Å². The fourth-order valence-corrected chi connectivity index (χ4v) is 7.33. The maximum absolute atomic E-state index is 4.05. The van der Waals surface area contributed by atoms with Crippen LogP contribution in [0.5, 0.6) is 0 Å². The highest BCUT2D eigenvalue weighted by molar-refractivity contribution is 6.26. The molecule has 34 heavy (non-hydrogen) atoms. The molecule has 168 valence electrons. The number of aryl methyl sites for hydroxylation is 1. The molecule has 0 atom stereocenters. The third-order valence-electron chi connectivity index (χ3n) is 8.68. The summed E-state index contributed by atoms with van der Waals surface area (Å²) in [5, 5.41) is 5.56. The number of aromatic amines is 1. The topological polar surface area (TPSA) is 15.8 Å². The first kappa shape index (κ1) is 20.1. The molecular weight excluding hydrogens is 410 g/mol. The van der Waals surface area contributed by atoms with Gasteiger partial charge in [-0.1, -0.05) is 99.0 Å². The van der Waals surface area contributed by atoms with Crippen molar-refractivity contribution in [3.63, 3.8) is 0 Å². The molecule has 1 fully saturated rings. The largest absolute Gasteiger partial charge is 0.354 e. The van der Waals surface area contributed by atoms with Crippen LogP contribution in [0.2, 0.25) is 0 Å². The van der Waals surface area contributed by atoms with Crippen molar-refractivity contribution >= 4 is 38.7 Å². The average Bonchev–Trinajstić information content (AvgIpc) is 3.40. The van der Waals surface area contributed by atoms with Gasteiger partial charge in [0, 0.05) is 21.8 Å². The Morgan fingerprint density at radius 2 is 1.59 bits per heavy atom. The molecule has 1 heterocycles. The van der Waals surface area contributed by atoms with Crippen molar-refractivity contribution in [2.45, 2.75) is 57.8 Å². The van der Waals surface area contributed by atoms with Gasteiger partial charge in [-0.25, -0.2) is 0 Å². The summed E-state index contributed by atoms with van der Waals surface area (Å²) in [4.78, 5) is 4.05. The molecule has 7 rings (SSSR count). The number of benzene rings is 4. The van der Waals surface area contributed by atoms with E-state index in [0.717, 1.165) is 6.42 Å². The minimum absolute atomic E-state index is 0.127. The molecule has 2 aliphatic carbocycles. The number of hydrogen-bond acceptors (Lipinski definition) is 0. The summed E-state index contributed by atoms with van der Waals surface area (Å²) >= 11 is 0. The number of H-pyrrole nitrogens is 1. The van der Waals surface area contributed by atoms with E-state index < -0.39 is 0 Å². The lowest BCUT2D eigenvalue weighted by Crippen LogP contribution is -2.28. The molecule has 5 aromatic rings. The Hall–Kier alpha value is -3.32. The van der Waals surface area contributed by atoms with Gasteiger partial charge in [-0.3, -0.25) is 0 Å². The molecular formula is C33H31N. The summed E-state index contributed by atoms with van der Waals surface area (Å²) in [5.41, 5.74) is 11.6. The Balaban J connectivity index is 1.74. The number of allylic oxidation sites excluding steroid dienone is 1. The molecule has 0 radical (unpaired) electrons. The van der Waals surface area contributed by atoms with E-state index in [0.29, 0.717) is 0 Å². The van der Waals surface area contributed by atoms with Gasteiger partial charge in [-0.05, 0) is 64.8 Å². The first-order chi connectivity index (χ1) is 16.8. The minimum atomic E-state index is 0.127. The molecule has 1 saturated carbocycles. The highest BCUT2D eigenvalue weighted by atomic mass is 14.7. The summed E-state index contributed by atoms with van der Waals surface area (Å²) in [6, 6.07) is 23.1. The van der Waals surface area contributed by atoms with E-state index in [1.807, 2.05) is 0 Å². The molecule has 1 N–H and O–H groups in total. The number of aromatic nitrogens is 1. The van der Waals surface area contributed by atoms with Crippen molar-refractivity contribution in [2.24, 2.45) is 0 Å². The van der Waals surface area contributed by atoms with Crippen molar-refractivity contribution in [2.75, 3.05) is 0 Å². The van der Waals surface area contributed by atoms with Gasteiger partial charge >= 0.3 is 0 Å². The maximum Gasteiger partial charge on any atom is 0.0541 e. The van der Waals surface area contributed by atoms with Crippen LogP contribution in [0.15, 0.2) is 66.7 Å². The average molecular weight is 442 g/mol. The Bertz CT molecular complexity index is 1620. The van der Waals surface area contributed by atoms with E-state index in [1.165, 1.54) is 86.9 Å². The SMILES string of the molecule is C/C=C\c1c(CC)ccc2c1[nH]c1c3c(c4ccccc4c12)-c1ccccc1C31CCCCC1. The van der Waals surface area contributed by atoms with Gasteiger partial charge in [0.2, 0.25) is 0 Å². The molecule has 1 aromatic heterocycles. The molecule has 0 saturated heterocycles. The van der Waals surface area contributed by atoms with Crippen molar-refractivity contribution in [3.05, 3.63) is 89.0 Å². The first-order valence-electron chi connectivity index (χ1n) is 13.0. The van der Waals surface area contributed by atoms with Gasteiger partial charge in [0.15, 0.2) is 0 Å². The summed E-state index contributed by atoms with van der Waals surface area (Å²) in [5.74, 6) is 0. The molecule has 4 aromatic carbocycles. The van der Waals surface area contributed by atoms with Gasteiger partial charge < -0.3 is 4.98 Å². The summed E-state index contributed by atoms with van der Waals surface area (Å²) in [6.45, 7) is 4.39. The van der Waals surface area contributed by atoms with Crippen LogP contribution < -0.4 is 0 Å². The van der Waals surface area contributed by atoms with Crippen LogP contribution in [0, 0.1) is 0 Å². The lowest BCUT2D eigenvalue weighted by molar-refractivity contribution is 0.354. The molecule has 1 spiro atoms. The molecule has 1 nitrogen and oxygen atoms in total. The van der Waals surface area contributed by atoms with Crippen LogP contribution >= 0.6 is 0 Å². The predicted molar refractivity (Wildman–Crippen MR) is 147 cm³/mol. The Labute approximate surface area is 201 Å². The third kappa shape index (κ3) is 2.45. The minimum Gasteiger partial charge on any atom is -0.354 e. The standard InChI is InChI=1S/C33H31N/c1-3-12-22-21(4-2)17-18-26-29-24-14-7-6-13-23(24)28-25-15-8-9-16-27(25)33(19-10-5-11-20-33)30(28)32(29)34-31(22)26/h3,6-9,12-18,34H,4-5,10-11,19-20H2,1-2H3/b12-3-. The predicted octanol–water partition coefficient (Wildman–Crippen LogP) is 9.30. The van der Waals surface area contributed by atoms with Crippen molar-refractivity contribution in [1.29, 1.82) is 0 Å². The lowest BCUT2D eigenvalue weighted by Gasteiger charge is -2.36. The van der Waals surface area contributed by atoms with Gasteiger partial charge in [0.1, 0.15) is 0 Å². The second kappa shape index (κ2) is 7.34. The fraction of sp³-hybridized carbons (Fsp3) is 0.273. The maximum atomic E-state index is 4.05. The van der Waals surface area contributed by atoms with Crippen LogP contribution in [0.25, 0.3) is 49.8 Å². The van der Waals surface area contributed by atoms with Gasteiger partial charge in [0.25, 0.3) is 0 Å². The highest BCUT2D eigenvalue weighted by Crippen LogP contribution is 2.60. The number of nitrogens with one attached hydrogen (secondary N) is 1. The highest BCUT2D eigenvalue weighted by Gasteiger charge is 2.46. The monoisotopic (exact) mass is 441 g/mol. The van der Waals surface area contributed by atoms with Crippen LogP contribution in [-0.2, 0) is 11.8 Å². The molecule has 0 aliphatic heterocycles. The van der Waals surface area contributed by atoms with E-state index in [4.69, 9.17) is 0 Å². The quantitative estimate of drug-likeness (QED) is 0.281. The summed E-state index contributed by atoms with van der Waals surface area (Å²) < 4.78 is 0. The first-order valence-corrected chi connectivity index (χ1v) is 13.0. The zero-order valence-corrected chi connectivity index (χ0v) is 20.2. The second-order valence-electron chi connectivity index (χ2n) is 10.3. The molecule has 1 heteroatoms. The van der Waals surface area contributed by atoms with Crippen molar-refractivity contribution < 1.29 is 0 Å². The number of rotatable bonds is 2. The van der Waals surface area contributed by atoms with Crippen LogP contribution in [-0.4, -0.2) is 4.98 Å². The van der Waals surface area contributed by atoms with E-state index in [1.54, 1.807) is 11.1 Å². The van der Waals surface area contributed by atoms with Crippen molar-refractivity contribution in [1.82, 2.24) is 4.98 Å². The smallest absolute Gasteiger partial charge is 0.0541 e. The molecule has 0 amide bonds. The number of fused-ring (bicyclic) bond motifs is 12. The summed E-state index contributed by atoms with van der Waals surface area (Å²) in [6.07, 6.45) is 12.0. The Morgan fingerprint density at radius 1 is 0.824 bits per heavy atom. The zero-order valence-electron chi connectivity index (χ0n) is 20.2. The Kier molecular flexibility index (Phi) is 4.34. The van der Waals surface area contributed by atoms with Gasteiger partial charge in [0.05, 0.1) is 11.0 Å². The van der Waals surface area contributed by atoms with Gasteiger partial charge in [-0.15, -0.1) is 0 Å².